The molecule has 0 aromatic heterocycles. The Labute approximate surface area is 166 Å². The number of hydrogen-bond acceptors (Lipinski definition) is 2. The smallest absolute Gasteiger partial charge is 0.303 e. The summed E-state index contributed by atoms with van der Waals surface area (Å²) in [6.45, 7) is 6.02. The highest BCUT2D eigenvalue weighted by Gasteiger charge is 2.17. The second kappa shape index (κ2) is 13.6. The molecule has 2 N–H and O–H groups in total. The minimum Gasteiger partial charge on any atom is -0.507 e. The number of aryl methyl sites for hydroxylation is 2. The Morgan fingerprint density at radius 2 is 1.30 bits per heavy atom. The van der Waals surface area contributed by atoms with Gasteiger partial charge in [0.15, 0.2) is 0 Å². The topological polar surface area (TPSA) is 57.5 Å². The van der Waals surface area contributed by atoms with Crippen molar-refractivity contribution in [2.45, 2.75) is 110 Å². The normalized spacial score (nSPS) is 12.3. The van der Waals surface area contributed by atoms with E-state index in [9.17, 15) is 15.0 Å². The quantitative estimate of drug-likeness (QED) is 0.316. The number of phenolic OH excluding ortho intramolecular Hbond substituents is 1. The fraction of sp³-hybridized carbons (Fsp3) is 0.708. The molecule has 0 heterocycles. The lowest BCUT2D eigenvalue weighted by atomic mass is 9.88. The molecule has 1 aromatic rings. The number of aromatic hydroxyl groups is 1. The zero-order valence-corrected chi connectivity index (χ0v) is 17.7. The first-order chi connectivity index (χ1) is 13.0. The molecule has 1 aromatic carbocycles. The minimum atomic E-state index is -0.744. The van der Waals surface area contributed by atoms with E-state index in [1.54, 1.807) is 0 Å². The van der Waals surface area contributed by atoms with E-state index in [-0.39, 0.29) is 12.3 Å². The van der Waals surface area contributed by atoms with Crippen molar-refractivity contribution in [2.24, 2.45) is 0 Å². The molecule has 0 aliphatic rings. The van der Waals surface area contributed by atoms with E-state index in [2.05, 4.69) is 6.92 Å². The number of carboxylic acids is 1. The predicted molar refractivity (Wildman–Crippen MR) is 114 cm³/mol. The Balaban J connectivity index is 2.31. The van der Waals surface area contributed by atoms with Gasteiger partial charge >= 0.3 is 5.97 Å². The van der Waals surface area contributed by atoms with Crippen molar-refractivity contribution < 1.29 is 15.0 Å². The predicted octanol–water partition coefficient (Wildman–Crippen LogP) is 7.27. The number of benzene rings is 1. The van der Waals surface area contributed by atoms with Crippen LogP contribution < -0.4 is 0 Å². The van der Waals surface area contributed by atoms with Gasteiger partial charge in [0.1, 0.15) is 5.75 Å². The van der Waals surface area contributed by atoms with Gasteiger partial charge < -0.3 is 10.2 Å². The van der Waals surface area contributed by atoms with E-state index in [0.717, 1.165) is 29.5 Å². The second-order valence-electron chi connectivity index (χ2n) is 8.12. The number of aliphatic carboxylic acids is 1. The molecule has 0 fully saturated rings. The van der Waals surface area contributed by atoms with E-state index in [4.69, 9.17) is 0 Å². The molecule has 0 radical (unpaired) electrons. The van der Waals surface area contributed by atoms with E-state index in [1.807, 2.05) is 26.0 Å². The Morgan fingerprint density at radius 1 is 0.852 bits per heavy atom. The van der Waals surface area contributed by atoms with Crippen molar-refractivity contribution in [3.05, 3.63) is 28.8 Å². The molecular weight excluding hydrogens is 336 g/mol. The molecule has 0 spiro atoms. The van der Waals surface area contributed by atoms with Crippen LogP contribution in [0.15, 0.2) is 12.1 Å². The summed E-state index contributed by atoms with van der Waals surface area (Å²) in [4.78, 5) is 11.3. The highest BCUT2D eigenvalue weighted by Crippen LogP contribution is 2.32. The summed E-state index contributed by atoms with van der Waals surface area (Å²) in [5.74, 6) is -0.381. The summed E-state index contributed by atoms with van der Waals surface area (Å²) < 4.78 is 0. The second-order valence-corrected chi connectivity index (χ2v) is 8.12. The fourth-order valence-corrected chi connectivity index (χ4v) is 3.88. The lowest BCUT2D eigenvalue weighted by Crippen LogP contribution is -2.07. The van der Waals surface area contributed by atoms with Crippen molar-refractivity contribution in [1.82, 2.24) is 0 Å². The van der Waals surface area contributed by atoms with Gasteiger partial charge in [-0.2, -0.15) is 0 Å². The summed E-state index contributed by atoms with van der Waals surface area (Å²) in [6, 6.07) is 3.91. The summed E-state index contributed by atoms with van der Waals surface area (Å²) in [7, 11) is 0. The van der Waals surface area contributed by atoms with E-state index in [1.165, 1.54) is 64.2 Å². The van der Waals surface area contributed by atoms with Gasteiger partial charge in [-0.3, -0.25) is 4.79 Å². The maximum Gasteiger partial charge on any atom is 0.303 e. The standard InChI is InChI=1S/C24H40O3/c1-4-5-6-7-8-9-10-11-12-13-14-15-21(18-23(25)26)22-16-19(2)24(27)20(3)17-22/h16-17,21,27H,4-15,18H2,1-3H3,(H,25,26). The number of carboxylic acid groups (broad SMARTS) is 1. The van der Waals surface area contributed by atoms with E-state index >= 15 is 0 Å². The molecule has 0 saturated carbocycles. The molecule has 3 nitrogen and oxygen atoms in total. The van der Waals surface area contributed by atoms with Crippen LogP contribution in [0.25, 0.3) is 0 Å². The van der Waals surface area contributed by atoms with Crippen LogP contribution in [-0.2, 0) is 4.79 Å². The Morgan fingerprint density at radius 3 is 1.74 bits per heavy atom. The molecule has 0 amide bonds. The highest BCUT2D eigenvalue weighted by atomic mass is 16.4. The number of unbranched alkanes of at least 4 members (excludes halogenated alkanes) is 10. The summed E-state index contributed by atoms with van der Waals surface area (Å²) in [6.07, 6.45) is 15.4. The van der Waals surface area contributed by atoms with Crippen LogP contribution in [0.3, 0.4) is 0 Å². The molecule has 1 unspecified atom stereocenters. The third kappa shape index (κ3) is 9.83. The first-order valence-corrected chi connectivity index (χ1v) is 11.0. The highest BCUT2D eigenvalue weighted by molar-refractivity contribution is 5.68. The van der Waals surface area contributed by atoms with E-state index < -0.39 is 5.97 Å². The van der Waals surface area contributed by atoms with Crippen LogP contribution in [0.5, 0.6) is 5.75 Å². The minimum absolute atomic E-state index is 0.0408. The molecule has 27 heavy (non-hydrogen) atoms. The third-order valence-electron chi connectivity index (χ3n) is 5.56. The average molecular weight is 377 g/mol. The summed E-state index contributed by atoms with van der Waals surface area (Å²) in [5, 5.41) is 19.2. The molecular formula is C24H40O3. The fourth-order valence-electron chi connectivity index (χ4n) is 3.88. The van der Waals surface area contributed by atoms with Crippen LogP contribution in [0.1, 0.15) is 113 Å². The van der Waals surface area contributed by atoms with Crippen molar-refractivity contribution in [3.63, 3.8) is 0 Å². The van der Waals surface area contributed by atoms with Gasteiger partial charge in [-0.05, 0) is 42.9 Å². The van der Waals surface area contributed by atoms with Gasteiger partial charge in [0.25, 0.3) is 0 Å². The van der Waals surface area contributed by atoms with Crippen molar-refractivity contribution >= 4 is 5.97 Å². The first-order valence-electron chi connectivity index (χ1n) is 11.0. The van der Waals surface area contributed by atoms with Gasteiger partial charge in [-0.15, -0.1) is 0 Å². The van der Waals surface area contributed by atoms with Gasteiger partial charge in [-0.25, -0.2) is 0 Å². The number of hydrogen-bond donors (Lipinski definition) is 2. The Kier molecular flexibility index (Phi) is 11.9. The lowest BCUT2D eigenvalue weighted by Gasteiger charge is -2.17. The molecule has 3 heteroatoms. The van der Waals surface area contributed by atoms with E-state index in [0.29, 0.717) is 5.75 Å². The van der Waals surface area contributed by atoms with Crippen LogP contribution in [-0.4, -0.2) is 16.2 Å². The first kappa shape index (κ1) is 23.5. The molecule has 1 rings (SSSR count). The Bertz CT molecular complexity index is 528. The van der Waals surface area contributed by atoms with Crippen LogP contribution in [0.2, 0.25) is 0 Å². The summed E-state index contributed by atoms with van der Waals surface area (Å²) >= 11 is 0. The Hall–Kier alpha value is -1.51. The van der Waals surface area contributed by atoms with Crippen molar-refractivity contribution in [3.8, 4) is 5.75 Å². The zero-order chi connectivity index (χ0) is 20.1. The monoisotopic (exact) mass is 376 g/mol. The largest absolute Gasteiger partial charge is 0.507 e. The SMILES string of the molecule is CCCCCCCCCCCCCC(CC(=O)O)c1cc(C)c(O)c(C)c1. The summed E-state index contributed by atoms with van der Waals surface area (Å²) in [5.41, 5.74) is 2.72. The van der Waals surface area contributed by atoms with Crippen LogP contribution in [0, 0.1) is 13.8 Å². The van der Waals surface area contributed by atoms with Crippen molar-refractivity contribution in [2.75, 3.05) is 0 Å². The molecule has 0 bridgehead atoms. The van der Waals surface area contributed by atoms with Gasteiger partial charge in [0, 0.05) is 0 Å². The van der Waals surface area contributed by atoms with Crippen LogP contribution >= 0.6 is 0 Å². The van der Waals surface area contributed by atoms with Crippen molar-refractivity contribution in [1.29, 1.82) is 0 Å². The average Bonchev–Trinajstić information content (AvgIpc) is 2.62. The molecule has 0 saturated heterocycles. The zero-order valence-electron chi connectivity index (χ0n) is 17.7. The molecule has 154 valence electrons. The lowest BCUT2D eigenvalue weighted by molar-refractivity contribution is -0.137. The maximum atomic E-state index is 11.3. The third-order valence-corrected chi connectivity index (χ3v) is 5.56. The number of phenols is 1. The maximum absolute atomic E-state index is 11.3. The molecule has 1 atom stereocenters. The molecule has 0 aliphatic heterocycles. The number of carbonyl (C=O) groups is 1. The van der Waals surface area contributed by atoms with Gasteiger partial charge in [-0.1, -0.05) is 89.7 Å². The molecule has 0 aliphatic carbocycles. The van der Waals surface area contributed by atoms with Gasteiger partial charge in [0.05, 0.1) is 6.42 Å². The van der Waals surface area contributed by atoms with Crippen LogP contribution in [0.4, 0.5) is 0 Å². The number of rotatable bonds is 15. The van der Waals surface area contributed by atoms with Gasteiger partial charge in [0.2, 0.25) is 0 Å².